The summed E-state index contributed by atoms with van der Waals surface area (Å²) in [5.74, 6) is 1.16. The van der Waals surface area contributed by atoms with Gasteiger partial charge in [-0.1, -0.05) is 19.4 Å². The van der Waals surface area contributed by atoms with Crippen LogP contribution in [0.3, 0.4) is 0 Å². The van der Waals surface area contributed by atoms with Crippen molar-refractivity contribution in [2.75, 3.05) is 5.73 Å². The zero-order valence-electron chi connectivity index (χ0n) is 10.9. The molecule has 1 aromatic carbocycles. The van der Waals surface area contributed by atoms with Crippen molar-refractivity contribution in [2.45, 2.75) is 46.1 Å². The van der Waals surface area contributed by atoms with Gasteiger partial charge in [-0.2, -0.15) is 0 Å². The molecule has 0 fully saturated rings. The lowest BCUT2D eigenvalue weighted by molar-refractivity contribution is 0.574. The van der Waals surface area contributed by atoms with Gasteiger partial charge < -0.3 is 10.3 Å². The van der Waals surface area contributed by atoms with Crippen molar-refractivity contribution in [3.8, 4) is 0 Å². The minimum absolute atomic E-state index is 0.425. The van der Waals surface area contributed by atoms with Gasteiger partial charge in [0.25, 0.3) is 0 Å². The summed E-state index contributed by atoms with van der Waals surface area (Å²) < 4.78 is 2.31. The minimum Gasteiger partial charge on any atom is -0.397 e. The summed E-state index contributed by atoms with van der Waals surface area (Å²) in [5.41, 5.74) is 8.88. The van der Waals surface area contributed by atoms with Crippen molar-refractivity contribution >= 4 is 16.7 Å². The number of benzene rings is 1. The monoisotopic (exact) mass is 231 g/mol. The van der Waals surface area contributed by atoms with Gasteiger partial charge in [-0.05, 0) is 32.4 Å². The number of hydrogen-bond donors (Lipinski definition) is 1. The number of fused-ring (bicyclic) bond motifs is 1. The van der Waals surface area contributed by atoms with E-state index in [1.165, 1.54) is 12.8 Å². The maximum Gasteiger partial charge on any atom is 0.112 e. The highest BCUT2D eigenvalue weighted by Crippen LogP contribution is 2.25. The number of aromatic nitrogens is 2. The highest BCUT2D eigenvalue weighted by Gasteiger charge is 2.13. The number of rotatable bonds is 4. The molecule has 0 radical (unpaired) electrons. The molecule has 0 aliphatic carbocycles. The van der Waals surface area contributed by atoms with Crippen LogP contribution < -0.4 is 5.73 Å². The molecule has 0 atom stereocenters. The van der Waals surface area contributed by atoms with Crippen molar-refractivity contribution < 1.29 is 0 Å². The first-order valence-corrected chi connectivity index (χ1v) is 6.40. The molecule has 0 aliphatic heterocycles. The number of unbranched alkanes of at least 4 members (excludes halogenated alkanes) is 1. The first kappa shape index (κ1) is 12.0. The number of nitrogen functional groups attached to an aromatic ring is 1. The molecule has 0 saturated heterocycles. The number of para-hydroxylation sites is 1. The van der Waals surface area contributed by atoms with Crippen LogP contribution in [-0.2, 0) is 6.42 Å². The summed E-state index contributed by atoms with van der Waals surface area (Å²) in [6.45, 7) is 6.59. The second-order valence-corrected chi connectivity index (χ2v) is 4.81. The molecule has 1 heterocycles. The van der Waals surface area contributed by atoms with Crippen LogP contribution in [0.25, 0.3) is 11.0 Å². The Morgan fingerprint density at radius 3 is 2.76 bits per heavy atom. The highest BCUT2D eigenvalue weighted by atomic mass is 15.1. The largest absolute Gasteiger partial charge is 0.397 e. The van der Waals surface area contributed by atoms with E-state index < -0.39 is 0 Å². The number of aryl methyl sites for hydroxylation is 1. The molecule has 2 aromatic rings. The molecular formula is C14H21N3. The molecule has 2 N–H and O–H groups in total. The molecular weight excluding hydrogens is 210 g/mol. The zero-order chi connectivity index (χ0) is 12.4. The quantitative estimate of drug-likeness (QED) is 0.818. The average molecular weight is 231 g/mol. The lowest BCUT2D eigenvalue weighted by atomic mass is 10.2. The molecule has 0 unspecified atom stereocenters. The molecule has 17 heavy (non-hydrogen) atoms. The van der Waals surface area contributed by atoms with Crippen LogP contribution in [0.2, 0.25) is 0 Å². The second kappa shape index (κ2) is 4.78. The summed E-state index contributed by atoms with van der Waals surface area (Å²) in [6, 6.07) is 6.45. The van der Waals surface area contributed by atoms with Crippen LogP contribution in [0.15, 0.2) is 18.2 Å². The van der Waals surface area contributed by atoms with Gasteiger partial charge in [-0.3, -0.25) is 0 Å². The summed E-state index contributed by atoms with van der Waals surface area (Å²) in [5, 5.41) is 0. The topological polar surface area (TPSA) is 43.8 Å². The maximum atomic E-state index is 5.99. The number of hydrogen-bond acceptors (Lipinski definition) is 2. The van der Waals surface area contributed by atoms with E-state index in [1.807, 2.05) is 12.1 Å². The number of anilines is 1. The Morgan fingerprint density at radius 1 is 1.35 bits per heavy atom. The standard InChI is InChI=1S/C14H21N3/c1-4-5-9-13-16-14-11(15)7-6-8-12(14)17(13)10(2)3/h6-8,10H,4-5,9,15H2,1-3H3. The first-order chi connectivity index (χ1) is 8.15. The first-order valence-electron chi connectivity index (χ1n) is 6.40. The van der Waals surface area contributed by atoms with Crippen LogP contribution in [0.4, 0.5) is 5.69 Å². The van der Waals surface area contributed by atoms with E-state index in [0.29, 0.717) is 6.04 Å². The molecule has 3 nitrogen and oxygen atoms in total. The van der Waals surface area contributed by atoms with Crippen LogP contribution >= 0.6 is 0 Å². The maximum absolute atomic E-state index is 5.99. The van der Waals surface area contributed by atoms with E-state index in [9.17, 15) is 0 Å². The van der Waals surface area contributed by atoms with E-state index in [0.717, 1.165) is 29.0 Å². The van der Waals surface area contributed by atoms with Crippen LogP contribution in [0.5, 0.6) is 0 Å². The third-order valence-corrected chi connectivity index (χ3v) is 3.09. The Hall–Kier alpha value is -1.51. The van der Waals surface area contributed by atoms with E-state index in [-0.39, 0.29) is 0 Å². The van der Waals surface area contributed by atoms with E-state index in [2.05, 4.69) is 31.4 Å². The summed E-state index contributed by atoms with van der Waals surface area (Å²) >= 11 is 0. The smallest absolute Gasteiger partial charge is 0.112 e. The van der Waals surface area contributed by atoms with Gasteiger partial charge in [0.1, 0.15) is 11.3 Å². The molecule has 2 rings (SSSR count). The van der Waals surface area contributed by atoms with Gasteiger partial charge in [0, 0.05) is 12.5 Å². The molecule has 0 amide bonds. The molecule has 0 aliphatic rings. The fourth-order valence-electron chi connectivity index (χ4n) is 2.27. The molecule has 1 aromatic heterocycles. The summed E-state index contributed by atoms with van der Waals surface area (Å²) in [7, 11) is 0. The van der Waals surface area contributed by atoms with Gasteiger partial charge in [0.05, 0.1) is 11.2 Å². The molecule has 3 heteroatoms. The lowest BCUT2D eigenvalue weighted by Crippen LogP contribution is -2.06. The van der Waals surface area contributed by atoms with Crippen LogP contribution in [-0.4, -0.2) is 9.55 Å². The fraction of sp³-hybridized carbons (Fsp3) is 0.500. The van der Waals surface area contributed by atoms with Crippen molar-refractivity contribution in [3.05, 3.63) is 24.0 Å². The lowest BCUT2D eigenvalue weighted by Gasteiger charge is -2.12. The normalized spacial score (nSPS) is 11.5. The number of nitrogens with two attached hydrogens (primary N) is 1. The van der Waals surface area contributed by atoms with E-state index in [1.54, 1.807) is 0 Å². The van der Waals surface area contributed by atoms with Crippen LogP contribution in [0, 0.1) is 0 Å². The summed E-state index contributed by atoms with van der Waals surface area (Å²) in [4.78, 5) is 4.71. The van der Waals surface area contributed by atoms with Gasteiger partial charge in [-0.15, -0.1) is 0 Å². The Labute approximate surface area is 103 Å². The third kappa shape index (κ3) is 2.14. The van der Waals surface area contributed by atoms with Gasteiger partial charge in [0.15, 0.2) is 0 Å². The number of nitrogens with zero attached hydrogens (tertiary/aromatic N) is 2. The van der Waals surface area contributed by atoms with Crippen LogP contribution in [0.1, 0.15) is 45.5 Å². The van der Waals surface area contributed by atoms with Crippen molar-refractivity contribution in [1.29, 1.82) is 0 Å². The highest BCUT2D eigenvalue weighted by molar-refractivity contribution is 5.87. The Morgan fingerprint density at radius 2 is 2.12 bits per heavy atom. The Kier molecular flexibility index (Phi) is 3.36. The molecule has 0 saturated carbocycles. The van der Waals surface area contributed by atoms with Crippen molar-refractivity contribution in [2.24, 2.45) is 0 Å². The minimum atomic E-state index is 0.425. The molecule has 92 valence electrons. The van der Waals surface area contributed by atoms with Crippen molar-refractivity contribution in [3.63, 3.8) is 0 Å². The Balaban J connectivity index is 2.58. The number of imidazole rings is 1. The third-order valence-electron chi connectivity index (χ3n) is 3.09. The Bertz CT molecular complexity index is 511. The van der Waals surface area contributed by atoms with Gasteiger partial charge >= 0.3 is 0 Å². The predicted octanol–water partition coefficient (Wildman–Crippen LogP) is 3.54. The van der Waals surface area contributed by atoms with Crippen molar-refractivity contribution in [1.82, 2.24) is 9.55 Å². The van der Waals surface area contributed by atoms with Gasteiger partial charge in [-0.25, -0.2) is 4.98 Å². The molecule has 0 spiro atoms. The fourth-order valence-corrected chi connectivity index (χ4v) is 2.27. The summed E-state index contributed by atoms with van der Waals surface area (Å²) in [6.07, 6.45) is 3.40. The average Bonchev–Trinajstić information content (AvgIpc) is 2.66. The zero-order valence-corrected chi connectivity index (χ0v) is 10.9. The predicted molar refractivity (Wildman–Crippen MR) is 73.1 cm³/mol. The molecule has 0 bridgehead atoms. The van der Waals surface area contributed by atoms with Gasteiger partial charge in [0.2, 0.25) is 0 Å². The SMILES string of the molecule is CCCCc1nc2c(N)cccc2n1C(C)C. The van der Waals surface area contributed by atoms with E-state index in [4.69, 9.17) is 10.7 Å². The van der Waals surface area contributed by atoms with E-state index >= 15 is 0 Å². The second-order valence-electron chi connectivity index (χ2n) is 4.81.